The molecule has 2 unspecified atom stereocenters. The molecule has 3 heteroatoms. The van der Waals surface area contributed by atoms with E-state index in [4.69, 9.17) is 10.6 Å². The molecule has 0 fully saturated rings. The van der Waals surface area contributed by atoms with E-state index in [0.717, 1.165) is 25.2 Å². The Morgan fingerprint density at radius 3 is 2.92 bits per heavy atom. The van der Waals surface area contributed by atoms with Gasteiger partial charge in [0.25, 0.3) is 0 Å². The lowest BCUT2D eigenvalue weighted by atomic mass is 9.98. The van der Waals surface area contributed by atoms with E-state index in [0.29, 0.717) is 5.92 Å². The van der Waals surface area contributed by atoms with Crippen LogP contribution in [0.2, 0.25) is 0 Å². The average Bonchev–Trinajstić information content (AvgIpc) is 2.58. The predicted octanol–water partition coefficient (Wildman–Crippen LogP) is 1.17. The summed E-state index contributed by atoms with van der Waals surface area (Å²) in [7, 11) is 0. The fourth-order valence-corrected chi connectivity index (χ4v) is 1.42. The van der Waals surface area contributed by atoms with E-state index in [1.165, 1.54) is 0 Å². The fourth-order valence-electron chi connectivity index (χ4n) is 1.42. The van der Waals surface area contributed by atoms with E-state index in [-0.39, 0.29) is 6.04 Å². The molecule has 0 spiro atoms. The van der Waals surface area contributed by atoms with Crippen LogP contribution in [-0.4, -0.2) is 12.6 Å². The highest BCUT2D eigenvalue weighted by Crippen LogP contribution is 2.20. The van der Waals surface area contributed by atoms with Crippen molar-refractivity contribution < 1.29 is 4.74 Å². The van der Waals surface area contributed by atoms with Gasteiger partial charge in [-0.3, -0.25) is 5.84 Å². The van der Waals surface area contributed by atoms with Crippen LogP contribution in [0, 0.1) is 5.92 Å². The van der Waals surface area contributed by atoms with Gasteiger partial charge in [-0.15, -0.1) is 0 Å². The molecule has 1 aliphatic heterocycles. The maximum atomic E-state index is 5.46. The maximum Gasteiger partial charge on any atom is 0.111 e. The lowest BCUT2D eigenvalue weighted by molar-refractivity contribution is 0.195. The van der Waals surface area contributed by atoms with Crippen molar-refractivity contribution in [1.29, 1.82) is 0 Å². The summed E-state index contributed by atoms with van der Waals surface area (Å²) < 4.78 is 5.45. The van der Waals surface area contributed by atoms with Crippen LogP contribution in [0.1, 0.15) is 26.7 Å². The van der Waals surface area contributed by atoms with Crippen molar-refractivity contribution in [2.75, 3.05) is 6.61 Å². The lowest BCUT2D eigenvalue weighted by Crippen LogP contribution is -2.41. The molecule has 0 radical (unpaired) electrons. The molecule has 0 bridgehead atoms. The normalized spacial score (nSPS) is 21.4. The molecule has 0 aliphatic carbocycles. The Morgan fingerprint density at radius 1 is 1.75 bits per heavy atom. The van der Waals surface area contributed by atoms with Gasteiger partial charge in [-0.25, -0.2) is 5.43 Å². The number of rotatable bonds is 4. The molecule has 0 aromatic heterocycles. The molecule has 0 amide bonds. The Hall–Kier alpha value is -0.540. The summed E-state index contributed by atoms with van der Waals surface area (Å²) in [5.41, 5.74) is 2.80. The third-order valence-corrected chi connectivity index (χ3v) is 2.43. The topological polar surface area (TPSA) is 47.3 Å². The van der Waals surface area contributed by atoms with E-state index in [9.17, 15) is 0 Å². The molecule has 3 nitrogen and oxygen atoms in total. The number of nitrogens with two attached hydrogens (primary N) is 1. The van der Waals surface area contributed by atoms with Gasteiger partial charge in [0.2, 0.25) is 0 Å². The summed E-state index contributed by atoms with van der Waals surface area (Å²) in [4.78, 5) is 0. The van der Waals surface area contributed by atoms with Crippen LogP contribution in [0.15, 0.2) is 11.8 Å². The highest BCUT2D eigenvalue weighted by atomic mass is 16.5. The average molecular weight is 170 g/mol. The summed E-state index contributed by atoms with van der Waals surface area (Å²) >= 11 is 0. The standard InChI is InChI=1S/C9H18N2O/c1-3-7(2)9(11-10)8-5-4-6-12-8/h5,7,9,11H,3-4,6,10H2,1-2H3. The van der Waals surface area contributed by atoms with Crippen molar-refractivity contribution in [3.8, 4) is 0 Å². The first-order valence-corrected chi connectivity index (χ1v) is 4.58. The number of ether oxygens (including phenoxy) is 1. The first-order valence-electron chi connectivity index (χ1n) is 4.58. The Balaban J connectivity index is 2.54. The van der Waals surface area contributed by atoms with E-state index in [1.807, 2.05) is 0 Å². The maximum absolute atomic E-state index is 5.46. The summed E-state index contributed by atoms with van der Waals surface area (Å²) in [6.07, 6.45) is 4.25. The molecule has 0 saturated carbocycles. The third-order valence-electron chi connectivity index (χ3n) is 2.43. The van der Waals surface area contributed by atoms with Crippen LogP contribution in [0.25, 0.3) is 0 Å². The van der Waals surface area contributed by atoms with Crippen LogP contribution >= 0.6 is 0 Å². The van der Waals surface area contributed by atoms with Crippen molar-refractivity contribution in [2.24, 2.45) is 11.8 Å². The summed E-state index contributed by atoms with van der Waals surface area (Å²) in [5, 5.41) is 0. The van der Waals surface area contributed by atoms with Crippen LogP contribution in [0.5, 0.6) is 0 Å². The second-order valence-electron chi connectivity index (χ2n) is 3.27. The van der Waals surface area contributed by atoms with E-state index in [1.54, 1.807) is 0 Å². The Morgan fingerprint density at radius 2 is 2.50 bits per heavy atom. The first kappa shape index (κ1) is 9.55. The number of hydrogen-bond donors (Lipinski definition) is 2. The lowest BCUT2D eigenvalue weighted by Gasteiger charge is -2.22. The minimum absolute atomic E-state index is 0.192. The molecular formula is C9H18N2O. The molecule has 2 atom stereocenters. The van der Waals surface area contributed by atoms with E-state index in [2.05, 4.69) is 25.3 Å². The number of hydrazine groups is 1. The van der Waals surface area contributed by atoms with Crippen LogP contribution in [0.4, 0.5) is 0 Å². The quantitative estimate of drug-likeness (QED) is 0.492. The third kappa shape index (κ3) is 1.99. The zero-order valence-corrected chi connectivity index (χ0v) is 7.84. The van der Waals surface area contributed by atoms with Gasteiger partial charge in [-0.05, 0) is 12.0 Å². The summed E-state index contributed by atoms with van der Waals surface area (Å²) in [5.74, 6) is 7.01. The minimum atomic E-state index is 0.192. The Kier molecular flexibility index (Phi) is 3.56. The zero-order valence-electron chi connectivity index (χ0n) is 7.84. The van der Waals surface area contributed by atoms with Gasteiger partial charge in [0.1, 0.15) is 5.76 Å². The largest absolute Gasteiger partial charge is 0.496 e. The second kappa shape index (κ2) is 4.48. The minimum Gasteiger partial charge on any atom is -0.496 e. The molecule has 1 rings (SSSR count). The van der Waals surface area contributed by atoms with Gasteiger partial charge >= 0.3 is 0 Å². The monoisotopic (exact) mass is 170 g/mol. The van der Waals surface area contributed by atoms with Crippen LogP contribution in [-0.2, 0) is 4.74 Å². The van der Waals surface area contributed by atoms with Crippen molar-refractivity contribution in [3.05, 3.63) is 11.8 Å². The van der Waals surface area contributed by atoms with Crippen LogP contribution in [0.3, 0.4) is 0 Å². The SMILES string of the molecule is CCC(C)C(NN)C1=CCCO1. The molecular weight excluding hydrogens is 152 g/mol. The molecule has 70 valence electrons. The van der Waals surface area contributed by atoms with Crippen molar-refractivity contribution in [1.82, 2.24) is 5.43 Å². The van der Waals surface area contributed by atoms with Crippen LogP contribution < -0.4 is 11.3 Å². The van der Waals surface area contributed by atoms with Gasteiger partial charge in [-0.1, -0.05) is 20.3 Å². The van der Waals surface area contributed by atoms with Gasteiger partial charge in [0.05, 0.1) is 12.6 Å². The number of hydrogen-bond acceptors (Lipinski definition) is 3. The summed E-state index contributed by atoms with van der Waals surface area (Å²) in [6.45, 7) is 5.14. The zero-order chi connectivity index (χ0) is 8.97. The predicted molar refractivity (Wildman–Crippen MR) is 49.2 cm³/mol. The van der Waals surface area contributed by atoms with Gasteiger partial charge in [0, 0.05) is 6.42 Å². The van der Waals surface area contributed by atoms with Crippen molar-refractivity contribution in [2.45, 2.75) is 32.7 Å². The van der Waals surface area contributed by atoms with Gasteiger partial charge in [0.15, 0.2) is 0 Å². The smallest absolute Gasteiger partial charge is 0.111 e. The van der Waals surface area contributed by atoms with E-state index >= 15 is 0 Å². The van der Waals surface area contributed by atoms with Gasteiger partial charge in [-0.2, -0.15) is 0 Å². The molecule has 0 aromatic carbocycles. The van der Waals surface area contributed by atoms with Crippen molar-refractivity contribution >= 4 is 0 Å². The fraction of sp³-hybridized carbons (Fsp3) is 0.778. The molecule has 12 heavy (non-hydrogen) atoms. The second-order valence-corrected chi connectivity index (χ2v) is 3.27. The van der Waals surface area contributed by atoms with Gasteiger partial charge < -0.3 is 4.74 Å². The Labute approximate surface area is 73.9 Å². The highest BCUT2D eigenvalue weighted by Gasteiger charge is 2.22. The molecule has 1 heterocycles. The van der Waals surface area contributed by atoms with Crippen molar-refractivity contribution in [3.63, 3.8) is 0 Å². The molecule has 0 aromatic rings. The molecule has 0 saturated heterocycles. The molecule has 3 N–H and O–H groups in total. The first-order chi connectivity index (χ1) is 5.79. The highest BCUT2D eigenvalue weighted by molar-refractivity contribution is 5.07. The Bertz CT molecular complexity index is 168. The molecule has 1 aliphatic rings. The summed E-state index contributed by atoms with van der Waals surface area (Å²) in [6, 6.07) is 0.192. The van der Waals surface area contributed by atoms with E-state index < -0.39 is 0 Å². The number of nitrogens with one attached hydrogen (secondary N) is 1.